The number of esters is 2. The number of carbonyl (C=O) groups excluding carboxylic acids is 2. The van der Waals surface area contributed by atoms with Crippen molar-refractivity contribution in [2.45, 2.75) is 77.0 Å². The highest BCUT2D eigenvalue weighted by atomic mass is 16.6. The van der Waals surface area contributed by atoms with Crippen molar-refractivity contribution in [3.05, 3.63) is 0 Å². The van der Waals surface area contributed by atoms with E-state index in [0.29, 0.717) is 12.8 Å². The maximum Gasteiger partial charge on any atom is 0.317 e. The van der Waals surface area contributed by atoms with Gasteiger partial charge in [0.1, 0.15) is 0 Å². The summed E-state index contributed by atoms with van der Waals surface area (Å²) in [5.74, 6) is -2.53. The van der Waals surface area contributed by atoms with Gasteiger partial charge < -0.3 is 25.2 Å². The van der Waals surface area contributed by atoms with Crippen LogP contribution in [0.3, 0.4) is 0 Å². The Hall–Kier alpha value is -2.00. The molecule has 0 aromatic carbocycles. The molecule has 1 heterocycles. The number of aliphatic hydroxyl groups excluding tert-OH is 2. The van der Waals surface area contributed by atoms with Crippen molar-refractivity contribution in [1.29, 1.82) is 0 Å². The zero-order chi connectivity index (χ0) is 22.1. The van der Waals surface area contributed by atoms with Crippen LogP contribution in [0.1, 0.15) is 77.0 Å². The average Bonchev–Trinajstić information content (AvgIpc) is 2.98. The fourth-order valence-electron chi connectivity index (χ4n) is 3.08. The van der Waals surface area contributed by atoms with E-state index in [0.717, 1.165) is 51.4 Å². The summed E-state index contributed by atoms with van der Waals surface area (Å²) in [6.45, 7) is 0.566. The van der Waals surface area contributed by atoms with E-state index in [4.69, 9.17) is 20.4 Å². The van der Waals surface area contributed by atoms with Gasteiger partial charge in [-0.1, -0.05) is 25.7 Å². The van der Waals surface area contributed by atoms with Crippen LogP contribution in [-0.2, 0) is 23.9 Å². The van der Waals surface area contributed by atoms with Crippen LogP contribution in [0.4, 0.5) is 0 Å². The van der Waals surface area contributed by atoms with E-state index in [2.05, 4.69) is 4.74 Å². The Morgan fingerprint density at radius 1 is 0.724 bits per heavy atom. The molecule has 2 unspecified atom stereocenters. The van der Waals surface area contributed by atoms with Gasteiger partial charge in [-0.05, 0) is 38.5 Å². The lowest BCUT2D eigenvalue weighted by Gasteiger charge is -2.18. The lowest BCUT2D eigenvalue weighted by molar-refractivity contribution is -0.154. The first-order valence-corrected chi connectivity index (χ1v) is 10.2. The minimum absolute atomic E-state index is 0.0628. The van der Waals surface area contributed by atoms with Gasteiger partial charge in [0.05, 0.1) is 11.8 Å². The van der Waals surface area contributed by atoms with Gasteiger partial charge in [-0.2, -0.15) is 0 Å². The second-order valence-electron chi connectivity index (χ2n) is 7.09. The SMILES string of the molecule is O=C(O)CCCCC(=O)O.O=C1OC(=O)C2CCCCC12.OCCCCCCO. The number of carboxylic acids is 2. The number of fused-ring (bicyclic) bond motifs is 1. The van der Waals surface area contributed by atoms with Crippen LogP contribution in [0, 0.1) is 11.8 Å². The van der Waals surface area contributed by atoms with Crippen molar-refractivity contribution in [2.24, 2.45) is 11.8 Å². The van der Waals surface area contributed by atoms with Crippen molar-refractivity contribution in [2.75, 3.05) is 13.2 Å². The number of rotatable bonds is 10. The summed E-state index contributed by atoms with van der Waals surface area (Å²) >= 11 is 0. The Morgan fingerprint density at radius 3 is 1.41 bits per heavy atom. The van der Waals surface area contributed by atoms with Gasteiger partial charge in [0.2, 0.25) is 0 Å². The number of carboxylic acid groups (broad SMARTS) is 2. The number of carbonyl (C=O) groups is 4. The molecule has 1 saturated carbocycles. The lowest BCUT2D eigenvalue weighted by atomic mass is 9.81. The van der Waals surface area contributed by atoms with Crippen molar-refractivity contribution in [3.63, 3.8) is 0 Å². The van der Waals surface area contributed by atoms with Crippen LogP contribution in [0.5, 0.6) is 0 Å². The lowest BCUT2D eigenvalue weighted by Crippen LogP contribution is -2.21. The van der Waals surface area contributed by atoms with Crippen molar-refractivity contribution >= 4 is 23.9 Å². The van der Waals surface area contributed by atoms with E-state index < -0.39 is 11.9 Å². The van der Waals surface area contributed by atoms with E-state index in [-0.39, 0.29) is 49.8 Å². The third kappa shape index (κ3) is 13.8. The molecule has 4 N–H and O–H groups in total. The standard InChI is InChI=1S/C8H10O3.C6H10O4.C6H14O2/c9-7-5-3-1-2-4-6(5)8(10)11-7;7-5(8)3-1-2-4-6(9)10;7-5-3-1-2-4-6-8/h5-6H,1-4H2;1-4H2,(H,7,8)(H,9,10);7-8H,1-6H2. The van der Waals surface area contributed by atoms with E-state index in [1.807, 2.05) is 0 Å². The van der Waals surface area contributed by atoms with E-state index in [1.165, 1.54) is 0 Å². The third-order valence-electron chi connectivity index (χ3n) is 4.67. The van der Waals surface area contributed by atoms with Gasteiger partial charge >= 0.3 is 23.9 Å². The third-order valence-corrected chi connectivity index (χ3v) is 4.67. The second-order valence-corrected chi connectivity index (χ2v) is 7.09. The van der Waals surface area contributed by atoms with Gasteiger partial charge in [0.15, 0.2) is 0 Å². The molecule has 2 fully saturated rings. The highest BCUT2D eigenvalue weighted by Gasteiger charge is 2.44. The molecule has 0 aromatic heterocycles. The summed E-state index contributed by atoms with van der Waals surface area (Å²) in [6, 6.07) is 0. The zero-order valence-electron chi connectivity index (χ0n) is 16.9. The summed E-state index contributed by atoms with van der Waals surface area (Å²) in [7, 11) is 0. The second kappa shape index (κ2) is 16.9. The Balaban J connectivity index is 0.000000413. The van der Waals surface area contributed by atoms with Gasteiger partial charge in [-0.25, -0.2) is 0 Å². The topological polar surface area (TPSA) is 158 Å². The number of unbranched alkanes of at least 4 members (excludes halogenated alkanes) is 4. The van der Waals surface area contributed by atoms with Crippen LogP contribution in [0.25, 0.3) is 0 Å². The Morgan fingerprint density at radius 2 is 1.10 bits per heavy atom. The highest BCUT2D eigenvalue weighted by Crippen LogP contribution is 2.36. The largest absolute Gasteiger partial charge is 0.481 e. The summed E-state index contributed by atoms with van der Waals surface area (Å²) in [6.07, 6.45) is 8.65. The van der Waals surface area contributed by atoms with E-state index >= 15 is 0 Å². The summed E-state index contributed by atoms with van der Waals surface area (Å²) < 4.78 is 4.53. The number of aliphatic carboxylic acids is 2. The molecule has 0 radical (unpaired) electrons. The van der Waals surface area contributed by atoms with Crippen molar-refractivity contribution in [1.82, 2.24) is 0 Å². The molecular weight excluding hydrogens is 384 g/mol. The van der Waals surface area contributed by atoms with Gasteiger partial charge in [0.25, 0.3) is 0 Å². The van der Waals surface area contributed by atoms with E-state index in [1.54, 1.807) is 0 Å². The Bertz CT molecular complexity index is 460. The molecule has 1 saturated heterocycles. The molecular formula is C20H34O9. The normalized spacial score (nSPS) is 19.8. The van der Waals surface area contributed by atoms with Crippen molar-refractivity contribution < 1.29 is 44.3 Å². The molecule has 0 aromatic rings. The highest BCUT2D eigenvalue weighted by molar-refractivity contribution is 5.96. The minimum atomic E-state index is -0.870. The molecule has 9 nitrogen and oxygen atoms in total. The fraction of sp³-hybridized carbons (Fsp3) is 0.800. The monoisotopic (exact) mass is 418 g/mol. The Kier molecular flexibility index (Phi) is 15.7. The summed E-state index contributed by atoms with van der Waals surface area (Å²) in [5.41, 5.74) is 0. The summed E-state index contributed by atoms with van der Waals surface area (Å²) in [4.78, 5) is 41.7. The predicted octanol–water partition coefficient (Wildman–Crippen LogP) is 2.12. The van der Waals surface area contributed by atoms with Gasteiger partial charge in [-0.3, -0.25) is 19.2 Å². The number of hydrogen-bond donors (Lipinski definition) is 4. The molecule has 2 rings (SSSR count). The first-order chi connectivity index (χ1) is 13.8. The van der Waals surface area contributed by atoms with Crippen LogP contribution in [0.15, 0.2) is 0 Å². The molecule has 168 valence electrons. The number of hydrogen-bond acceptors (Lipinski definition) is 7. The van der Waals surface area contributed by atoms with Crippen LogP contribution in [0.2, 0.25) is 0 Å². The van der Waals surface area contributed by atoms with Crippen LogP contribution < -0.4 is 0 Å². The van der Waals surface area contributed by atoms with Crippen molar-refractivity contribution in [3.8, 4) is 0 Å². The van der Waals surface area contributed by atoms with Gasteiger partial charge in [0, 0.05) is 26.1 Å². The molecule has 1 aliphatic heterocycles. The molecule has 0 bridgehead atoms. The number of cyclic esters (lactones) is 2. The fourth-order valence-corrected chi connectivity index (χ4v) is 3.08. The smallest absolute Gasteiger partial charge is 0.317 e. The zero-order valence-corrected chi connectivity index (χ0v) is 16.9. The molecule has 1 aliphatic carbocycles. The predicted molar refractivity (Wildman–Crippen MR) is 103 cm³/mol. The molecule has 0 amide bonds. The maximum atomic E-state index is 11.0. The average molecular weight is 418 g/mol. The molecule has 2 aliphatic rings. The van der Waals surface area contributed by atoms with Crippen LogP contribution >= 0.6 is 0 Å². The number of ether oxygens (including phenoxy) is 1. The number of aliphatic hydroxyl groups is 2. The van der Waals surface area contributed by atoms with Crippen LogP contribution in [-0.4, -0.2) is 57.5 Å². The first-order valence-electron chi connectivity index (χ1n) is 10.2. The quantitative estimate of drug-likeness (QED) is 0.237. The molecule has 9 heteroatoms. The summed E-state index contributed by atoms with van der Waals surface area (Å²) in [5, 5.41) is 32.9. The maximum absolute atomic E-state index is 11.0. The Labute approximate surface area is 171 Å². The minimum Gasteiger partial charge on any atom is -0.481 e. The first kappa shape index (κ1) is 27.0. The molecule has 0 spiro atoms. The van der Waals surface area contributed by atoms with Gasteiger partial charge in [-0.15, -0.1) is 0 Å². The molecule has 2 atom stereocenters. The molecule has 29 heavy (non-hydrogen) atoms. The van der Waals surface area contributed by atoms with E-state index in [9.17, 15) is 19.2 Å².